The molecule has 2 aliphatic rings. The van der Waals surface area contributed by atoms with Gasteiger partial charge in [0, 0.05) is 43.2 Å². The molecule has 0 spiro atoms. The quantitative estimate of drug-likeness (QED) is 0.574. The molecule has 1 aliphatic heterocycles. The zero-order valence-corrected chi connectivity index (χ0v) is 21.0. The molecule has 1 saturated carbocycles. The minimum Gasteiger partial charge on any atom is -0.478 e. The standard InChI is InChI=1S/C28H33N3O5/c1-18-14-31(19(2)17-32)27(33)24-12-21(11-10-20-8-9-20)13-29-26(24)36-25(18)16-30(3)15-22-6-4-5-7-23(22)28(34)35/h4-7,12-13,18-20,25,32H,8-9,14-17H2,1-3H3,(H,34,35)/t18-,19+,25-/m0/s1. The van der Waals surface area contributed by atoms with E-state index in [0.717, 1.165) is 12.8 Å². The van der Waals surface area contributed by atoms with Gasteiger partial charge in [0.1, 0.15) is 11.7 Å². The van der Waals surface area contributed by atoms with Crippen molar-refractivity contribution in [2.24, 2.45) is 11.8 Å². The third-order valence-electron chi connectivity index (χ3n) is 6.70. The van der Waals surface area contributed by atoms with Crippen LogP contribution in [0.15, 0.2) is 36.5 Å². The van der Waals surface area contributed by atoms with Gasteiger partial charge >= 0.3 is 5.97 Å². The molecular weight excluding hydrogens is 458 g/mol. The lowest BCUT2D eigenvalue weighted by atomic mass is 9.99. The second-order valence-electron chi connectivity index (χ2n) is 9.90. The molecule has 2 N–H and O–H groups in total. The van der Waals surface area contributed by atoms with Crippen molar-refractivity contribution in [3.8, 4) is 17.7 Å². The average Bonchev–Trinajstić information content (AvgIpc) is 3.69. The van der Waals surface area contributed by atoms with E-state index in [0.29, 0.717) is 42.2 Å². The van der Waals surface area contributed by atoms with Crippen LogP contribution in [0.1, 0.15) is 58.5 Å². The van der Waals surface area contributed by atoms with E-state index >= 15 is 0 Å². The zero-order valence-electron chi connectivity index (χ0n) is 21.0. The van der Waals surface area contributed by atoms with Gasteiger partial charge in [-0.15, -0.1) is 0 Å². The lowest BCUT2D eigenvalue weighted by Crippen LogP contribution is -2.49. The Kier molecular flexibility index (Phi) is 7.92. The van der Waals surface area contributed by atoms with Crippen LogP contribution in [0.4, 0.5) is 0 Å². The number of likely N-dealkylation sites (N-methyl/N-ethyl adjacent to an activating group) is 1. The molecule has 36 heavy (non-hydrogen) atoms. The lowest BCUT2D eigenvalue weighted by molar-refractivity contribution is 0.0325. The maximum Gasteiger partial charge on any atom is 0.336 e. The zero-order chi connectivity index (χ0) is 25.8. The molecule has 2 aromatic rings. The number of carbonyl (C=O) groups is 2. The topological polar surface area (TPSA) is 103 Å². The Morgan fingerprint density at radius 1 is 1.33 bits per heavy atom. The third-order valence-corrected chi connectivity index (χ3v) is 6.70. The van der Waals surface area contributed by atoms with E-state index in [1.807, 2.05) is 37.9 Å². The summed E-state index contributed by atoms with van der Waals surface area (Å²) in [5.74, 6) is 5.75. The number of benzene rings is 1. The average molecular weight is 492 g/mol. The van der Waals surface area contributed by atoms with Gasteiger partial charge in [0.15, 0.2) is 0 Å². The van der Waals surface area contributed by atoms with Crippen LogP contribution < -0.4 is 4.74 Å². The largest absolute Gasteiger partial charge is 0.478 e. The molecule has 1 amide bonds. The molecule has 3 atom stereocenters. The van der Waals surface area contributed by atoms with Crippen LogP contribution in [-0.2, 0) is 6.54 Å². The van der Waals surface area contributed by atoms with Crippen LogP contribution in [0.2, 0.25) is 0 Å². The van der Waals surface area contributed by atoms with E-state index in [-0.39, 0.29) is 42.0 Å². The third kappa shape index (κ3) is 6.04. The number of aliphatic hydroxyl groups is 1. The highest BCUT2D eigenvalue weighted by molar-refractivity contribution is 5.97. The number of pyridine rings is 1. The normalized spacial score (nSPS) is 20.5. The van der Waals surface area contributed by atoms with E-state index in [4.69, 9.17) is 4.74 Å². The summed E-state index contributed by atoms with van der Waals surface area (Å²) in [5.41, 5.74) is 2.00. The summed E-state index contributed by atoms with van der Waals surface area (Å²) >= 11 is 0. The first kappa shape index (κ1) is 25.7. The molecule has 1 aromatic carbocycles. The van der Waals surface area contributed by atoms with Gasteiger partial charge in [-0.05, 0) is 44.5 Å². The Bertz CT molecular complexity index is 1180. The van der Waals surface area contributed by atoms with Gasteiger partial charge < -0.3 is 19.8 Å². The summed E-state index contributed by atoms with van der Waals surface area (Å²) in [6.07, 6.45) is 3.54. The summed E-state index contributed by atoms with van der Waals surface area (Å²) in [5, 5.41) is 19.4. The van der Waals surface area contributed by atoms with E-state index in [2.05, 4.69) is 16.8 Å². The monoisotopic (exact) mass is 491 g/mol. The van der Waals surface area contributed by atoms with Gasteiger partial charge in [-0.25, -0.2) is 9.78 Å². The van der Waals surface area contributed by atoms with Crippen molar-refractivity contribution >= 4 is 11.9 Å². The van der Waals surface area contributed by atoms with Gasteiger partial charge in [0.05, 0.1) is 18.2 Å². The molecule has 190 valence electrons. The number of hydrogen-bond donors (Lipinski definition) is 2. The van der Waals surface area contributed by atoms with Crippen molar-refractivity contribution < 1.29 is 24.5 Å². The highest BCUT2D eigenvalue weighted by Gasteiger charge is 2.34. The van der Waals surface area contributed by atoms with Gasteiger partial charge in [-0.2, -0.15) is 0 Å². The number of rotatable bonds is 7. The summed E-state index contributed by atoms with van der Waals surface area (Å²) in [6, 6.07) is 8.32. The van der Waals surface area contributed by atoms with Gasteiger partial charge in [-0.3, -0.25) is 9.69 Å². The molecular formula is C28H33N3O5. The number of nitrogens with zero attached hydrogens (tertiary/aromatic N) is 3. The van der Waals surface area contributed by atoms with E-state index in [1.165, 1.54) is 0 Å². The minimum absolute atomic E-state index is 0.0654. The molecule has 1 aromatic heterocycles. The number of ether oxygens (including phenoxy) is 1. The summed E-state index contributed by atoms with van der Waals surface area (Å²) in [4.78, 5) is 33.3. The number of hydrogen-bond acceptors (Lipinski definition) is 6. The first-order valence-electron chi connectivity index (χ1n) is 12.4. The molecule has 0 radical (unpaired) electrons. The Hall–Kier alpha value is -3.41. The number of fused-ring (bicyclic) bond motifs is 1. The molecule has 8 heteroatoms. The molecule has 8 nitrogen and oxygen atoms in total. The predicted molar refractivity (Wildman–Crippen MR) is 135 cm³/mol. The number of aliphatic hydroxyl groups excluding tert-OH is 1. The number of carboxylic acids is 1. The maximum atomic E-state index is 13.5. The molecule has 1 fully saturated rings. The molecule has 0 saturated heterocycles. The number of amides is 1. The smallest absolute Gasteiger partial charge is 0.336 e. The van der Waals surface area contributed by atoms with Gasteiger partial charge in [0.25, 0.3) is 5.91 Å². The fourth-order valence-electron chi connectivity index (χ4n) is 4.33. The van der Waals surface area contributed by atoms with Crippen LogP contribution >= 0.6 is 0 Å². The van der Waals surface area contributed by atoms with E-state index < -0.39 is 5.97 Å². The summed E-state index contributed by atoms with van der Waals surface area (Å²) in [6.45, 7) is 5.01. The Morgan fingerprint density at radius 3 is 2.78 bits per heavy atom. The van der Waals surface area contributed by atoms with Crippen LogP contribution in [0, 0.1) is 23.7 Å². The number of carboxylic acid groups (broad SMARTS) is 1. The molecule has 0 bridgehead atoms. The second-order valence-corrected chi connectivity index (χ2v) is 9.90. The van der Waals surface area contributed by atoms with E-state index in [9.17, 15) is 19.8 Å². The van der Waals surface area contributed by atoms with Crippen molar-refractivity contribution in [2.75, 3.05) is 26.7 Å². The van der Waals surface area contributed by atoms with Gasteiger partial charge in [-0.1, -0.05) is 37.0 Å². The number of carbonyl (C=O) groups excluding carboxylic acids is 1. The van der Waals surface area contributed by atoms with Crippen molar-refractivity contribution in [2.45, 2.75) is 45.4 Å². The number of aromatic nitrogens is 1. The first-order chi connectivity index (χ1) is 17.3. The summed E-state index contributed by atoms with van der Waals surface area (Å²) < 4.78 is 6.33. The van der Waals surface area contributed by atoms with Crippen molar-refractivity contribution in [3.63, 3.8) is 0 Å². The highest BCUT2D eigenvalue weighted by atomic mass is 16.5. The summed E-state index contributed by atoms with van der Waals surface area (Å²) in [7, 11) is 1.91. The molecule has 1 aliphatic carbocycles. The van der Waals surface area contributed by atoms with Gasteiger partial charge in [0.2, 0.25) is 5.88 Å². The fraction of sp³-hybridized carbons (Fsp3) is 0.464. The van der Waals surface area contributed by atoms with Crippen LogP contribution in [0.5, 0.6) is 5.88 Å². The van der Waals surface area contributed by atoms with Crippen LogP contribution in [0.3, 0.4) is 0 Å². The lowest BCUT2D eigenvalue weighted by Gasteiger charge is -2.37. The SMILES string of the molecule is C[C@H](CO)N1C[C@H](C)[C@H](CN(C)Cc2ccccc2C(=O)O)Oc2ncc(C#CC3CC3)cc2C1=O. The Balaban J connectivity index is 1.60. The van der Waals surface area contributed by atoms with Crippen molar-refractivity contribution in [1.82, 2.24) is 14.8 Å². The Morgan fingerprint density at radius 2 is 2.08 bits per heavy atom. The fourth-order valence-corrected chi connectivity index (χ4v) is 4.33. The second kappa shape index (κ2) is 11.1. The highest BCUT2D eigenvalue weighted by Crippen LogP contribution is 2.29. The van der Waals surface area contributed by atoms with Crippen molar-refractivity contribution in [1.29, 1.82) is 0 Å². The van der Waals surface area contributed by atoms with E-state index in [1.54, 1.807) is 29.3 Å². The Labute approximate surface area is 211 Å². The van der Waals surface area contributed by atoms with Crippen LogP contribution in [-0.4, -0.2) is 75.8 Å². The molecule has 0 unspecified atom stereocenters. The number of aromatic carboxylic acids is 1. The maximum absolute atomic E-state index is 13.5. The van der Waals surface area contributed by atoms with Crippen molar-refractivity contribution in [3.05, 3.63) is 58.8 Å². The first-order valence-corrected chi connectivity index (χ1v) is 12.4. The molecule has 4 rings (SSSR count). The minimum atomic E-state index is -0.958. The predicted octanol–water partition coefficient (Wildman–Crippen LogP) is 2.89. The van der Waals surface area contributed by atoms with Crippen LogP contribution in [0.25, 0.3) is 0 Å². The molecule has 2 heterocycles.